The van der Waals surface area contributed by atoms with E-state index in [9.17, 15) is 13.2 Å². The Hall–Kier alpha value is -1.90. The van der Waals surface area contributed by atoms with Crippen LogP contribution in [0.25, 0.3) is 0 Å². The summed E-state index contributed by atoms with van der Waals surface area (Å²) in [6.07, 6.45) is 5.06. The van der Waals surface area contributed by atoms with Crippen LogP contribution < -0.4 is 10.0 Å². The number of amides is 1. The Morgan fingerprint density at radius 1 is 1.41 bits per heavy atom. The van der Waals surface area contributed by atoms with Crippen LogP contribution in [-0.2, 0) is 16.6 Å². The molecule has 1 aromatic carbocycles. The van der Waals surface area contributed by atoms with E-state index in [-0.39, 0.29) is 15.5 Å². The summed E-state index contributed by atoms with van der Waals surface area (Å²) < 4.78 is 27.5. The van der Waals surface area contributed by atoms with E-state index in [1.54, 1.807) is 18.7 Å². The van der Waals surface area contributed by atoms with E-state index in [0.29, 0.717) is 13.1 Å². The van der Waals surface area contributed by atoms with Crippen molar-refractivity contribution in [1.82, 2.24) is 19.6 Å². The SMILES string of the molecule is CNS(=O)(=O)c1ccc(Cl)c(C(=O)NCCn2ccnc2)c1. The van der Waals surface area contributed by atoms with Crippen molar-refractivity contribution in [2.75, 3.05) is 13.6 Å². The summed E-state index contributed by atoms with van der Waals surface area (Å²) >= 11 is 5.97. The van der Waals surface area contributed by atoms with Crippen LogP contribution >= 0.6 is 11.6 Å². The van der Waals surface area contributed by atoms with Crippen LogP contribution in [0.5, 0.6) is 0 Å². The van der Waals surface area contributed by atoms with E-state index >= 15 is 0 Å². The second-order valence-electron chi connectivity index (χ2n) is 4.41. The van der Waals surface area contributed by atoms with Crippen LogP contribution in [0.1, 0.15) is 10.4 Å². The predicted molar refractivity (Wildman–Crippen MR) is 82.3 cm³/mol. The normalized spacial score (nSPS) is 11.4. The van der Waals surface area contributed by atoms with Gasteiger partial charge in [-0.3, -0.25) is 4.79 Å². The largest absolute Gasteiger partial charge is 0.350 e. The molecule has 0 spiro atoms. The molecule has 2 N–H and O–H groups in total. The first-order valence-corrected chi connectivity index (χ1v) is 8.27. The van der Waals surface area contributed by atoms with Gasteiger partial charge in [-0.2, -0.15) is 0 Å². The standard InChI is InChI=1S/C13H15ClN4O3S/c1-15-22(20,21)10-2-3-12(14)11(8-10)13(19)17-5-7-18-6-4-16-9-18/h2-4,6,8-9,15H,5,7H2,1H3,(H,17,19). The third kappa shape index (κ3) is 3.85. The fraction of sp³-hybridized carbons (Fsp3) is 0.231. The average molecular weight is 343 g/mol. The van der Waals surface area contributed by atoms with E-state index in [0.717, 1.165) is 0 Å². The summed E-state index contributed by atoms with van der Waals surface area (Å²) in [7, 11) is -2.33. The molecule has 0 aliphatic carbocycles. The Bertz CT molecular complexity index is 760. The quantitative estimate of drug-likeness (QED) is 0.814. The molecule has 22 heavy (non-hydrogen) atoms. The number of nitrogens with one attached hydrogen (secondary N) is 2. The van der Waals surface area contributed by atoms with Gasteiger partial charge < -0.3 is 9.88 Å². The second kappa shape index (κ2) is 6.91. The number of aromatic nitrogens is 2. The molecule has 0 fully saturated rings. The van der Waals surface area contributed by atoms with Crippen molar-refractivity contribution in [2.45, 2.75) is 11.4 Å². The fourth-order valence-electron chi connectivity index (χ4n) is 1.78. The van der Waals surface area contributed by atoms with Gasteiger partial charge in [0.05, 0.1) is 21.8 Å². The molecule has 0 aliphatic heterocycles. The molecule has 7 nitrogen and oxygen atoms in total. The van der Waals surface area contributed by atoms with Crippen LogP contribution in [-0.4, -0.2) is 37.5 Å². The van der Waals surface area contributed by atoms with E-state index in [2.05, 4.69) is 15.0 Å². The monoisotopic (exact) mass is 342 g/mol. The number of nitrogens with zero attached hydrogens (tertiary/aromatic N) is 2. The van der Waals surface area contributed by atoms with Gasteiger partial charge in [-0.05, 0) is 25.2 Å². The number of imidazole rings is 1. The van der Waals surface area contributed by atoms with E-state index in [1.165, 1.54) is 25.2 Å². The predicted octanol–water partition coefficient (Wildman–Crippen LogP) is 0.875. The third-order valence-corrected chi connectivity index (χ3v) is 4.72. The molecule has 2 aromatic rings. The number of sulfonamides is 1. The molecule has 1 amide bonds. The van der Waals surface area contributed by atoms with Crippen LogP contribution in [0.3, 0.4) is 0 Å². The highest BCUT2D eigenvalue weighted by molar-refractivity contribution is 7.89. The van der Waals surface area contributed by atoms with Crippen LogP contribution in [0, 0.1) is 0 Å². The molecule has 0 aliphatic rings. The lowest BCUT2D eigenvalue weighted by Crippen LogP contribution is -2.27. The maximum absolute atomic E-state index is 12.1. The van der Waals surface area contributed by atoms with E-state index in [4.69, 9.17) is 11.6 Å². The molecule has 1 heterocycles. The Morgan fingerprint density at radius 3 is 2.82 bits per heavy atom. The zero-order chi connectivity index (χ0) is 16.2. The summed E-state index contributed by atoms with van der Waals surface area (Å²) in [6.45, 7) is 0.923. The number of halogens is 1. The van der Waals surface area contributed by atoms with Crippen molar-refractivity contribution in [3.8, 4) is 0 Å². The smallest absolute Gasteiger partial charge is 0.252 e. The first-order valence-electron chi connectivity index (χ1n) is 6.41. The summed E-state index contributed by atoms with van der Waals surface area (Å²) in [6, 6.07) is 3.98. The Labute approximate surface area is 133 Å². The third-order valence-electron chi connectivity index (χ3n) is 2.98. The minimum Gasteiger partial charge on any atom is -0.350 e. The highest BCUT2D eigenvalue weighted by atomic mass is 35.5. The molecule has 0 bridgehead atoms. The van der Waals surface area contributed by atoms with Crippen molar-refractivity contribution in [2.24, 2.45) is 0 Å². The zero-order valence-electron chi connectivity index (χ0n) is 11.8. The lowest BCUT2D eigenvalue weighted by atomic mass is 10.2. The average Bonchev–Trinajstić information content (AvgIpc) is 3.00. The summed E-state index contributed by atoms with van der Waals surface area (Å²) in [4.78, 5) is 16.0. The van der Waals surface area contributed by atoms with Gasteiger partial charge in [-0.25, -0.2) is 18.1 Å². The Morgan fingerprint density at radius 2 is 2.18 bits per heavy atom. The lowest BCUT2D eigenvalue weighted by molar-refractivity contribution is 0.0952. The molecule has 0 saturated carbocycles. The molecule has 0 unspecified atom stereocenters. The molecule has 2 rings (SSSR count). The minimum absolute atomic E-state index is 0.0147. The number of benzene rings is 1. The number of carbonyl (C=O) groups is 1. The minimum atomic E-state index is -3.63. The molecule has 0 radical (unpaired) electrons. The molecule has 118 valence electrons. The van der Waals surface area contributed by atoms with Gasteiger partial charge in [0.2, 0.25) is 10.0 Å². The van der Waals surface area contributed by atoms with Gasteiger partial charge in [0.1, 0.15) is 0 Å². The topological polar surface area (TPSA) is 93.1 Å². The second-order valence-corrected chi connectivity index (χ2v) is 6.70. The highest BCUT2D eigenvalue weighted by Gasteiger charge is 2.17. The highest BCUT2D eigenvalue weighted by Crippen LogP contribution is 2.20. The molecule has 1 aromatic heterocycles. The molecule has 9 heteroatoms. The van der Waals surface area contributed by atoms with Gasteiger partial charge in [0.25, 0.3) is 5.91 Å². The van der Waals surface area contributed by atoms with Crippen molar-refractivity contribution in [1.29, 1.82) is 0 Å². The van der Waals surface area contributed by atoms with Crippen molar-refractivity contribution in [3.63, 3.8) is 0 Å². The number of rotatable bonds is 6. The van der Waals surface area contributed by atoms with E-state index in [1.807, 2.05) is 4.57 Å². The van der Waals surface area contributed by atoms with Gasteiger partial charge >= 0.3 is 0 Å². The van der Waals surface area contributed by atoms with Gasteiger partial charge in [-0.15, -0.1) is 0 Å². The summed E-state index contributed by atoms with van der Waals surface area (Å²) in [5.41, 5.74) is 0.114. The van der Waals surface area contributed by atoms with Gasteiger partial charge in [0, 0.05) is 25.5 Å². The molecule has 0 atom stereocenters. The number of carbonyl (C=O) groups excluding carboxylic acids is 1. The molecule has 0 saturated heterocycles. The first kappa shape index (κ1) is 16.5. The maximum Gasteiger partial charge on any atom is 0.252 e. The van der Waals surface area contributed by atoms with Crippen molar-refractivity contribution < 1.29 is 13.2 Å². The van der Waals surface area contributed by atoms with Gasteiger partial charge in [0.15, 0.2) is 0 Å². The first-order chi connectivity index (χ1) is 10.4. The Balaban J connectivity index is 2.10. The summed E-state index contributed by atoms with van der Waals surface area (Å²) in [5, 5.41) is 2.88. The zero-order valence-corrected chi connectivity index (χ0v) is 13.4. The van der Waals surface area contributed by atoms with Crippen molar-refractivity contribution >= 4 is 27.5 Å². The lowest BCUT2D eigenvalue weighted by Gasteiger charge is -2.09. The van der Waals surface area contributed by atoms with Crippen LogP contribution in [0.15, 0.2) is 41.8 Å². The van der Waals surface area contributed by atoms with Crippen molar-refractivity contribution in [3.05, 3.63) is 47.5 Å². The fourth-order valence-corrected chi connectivity index (χ4v) is 2.74. The van der Waals surface area contributed by atoms with E-state index < -0.39 is 15.9 Å². The maximum atomic E-state index is 12.1. The molecular weight excluding hydrogens is 328 g/mol. The number of hydrogen-bond donors (Lipinski definition) is 2. The van der Waals surface area contributed by atoms with Crippen LogP contribution in [0.2, 0.25) is 5.02 Å². The van der Waals surface area contributed by atoms with Crippen LogP contribution in [0.4, 0.5) is 0 Å². The molecular formula is C13H15ClN4O3S. The van der Waals surface area contributed by atoms with Gasteiger partial charge in [-0.1, -0.05) is 11.6 Å². The Kier molecular flexibility index (Phi) is 5.17. The summed E-state index contributed by atoms with van der Waals surface area (Å²) in [5.74, 6) is -0.432. The number of hydrogen-bond acceptors (Lipinski definition) is 4.